The Morgan fingerprint density at radius 3 is 2.39 bits per heavy atom. The minimum Gasteiger partial charge on any atom is -0.394 e. The lowest BCUT2D eigenvalue weighted by atomic mass is 10.1. The van der Waals surface area contributed by atoms with Gasteiger partial charge in [-0.2, -0.15) is 0 Å². The van der Waals surface area contributed by atoms with Gasteiger partial charge >= 0.3 is 0 Å². The van der Waals surface area contributed by atoms with Crippen LogP contribution >= 0.6 is 0 Å². The number of nitrogens with zero attached hydrogens (tertiary/aromatic N) is 1. The van der Waals surface area contributed by atoms with Gasteiger partial charge in [0.2, 0.25) is 0 Å². The maximum Gasteiger partial charge on any atom is 0.263 e. The van der Waals surface area contributed by atoms with E-state index in [-0.39, 0.29) is 22.9 Å². The number of anilines is 1. The molecule has 0 aliphatic heterocycles. The molecule has 0 radical (unpaired) electrons. The van der Waals surface area contributed by atoms with E-state index in [9.17, 15) is 18.3 Å². The molecule has 3 aromatic carbocycles. The van der Waals surface area contributed by atoms with Gasteiger partial charge in [0.1, 0.15) is 0 Å². The van der Waals surface area contributed by atoms with Crippen LogP contribution in [0.5, 0.6) is 0 Å². The fourth-order valence-electron chi connectivity index (χ4n) is 3.51. The van der Waals surface area contributed by atoms with E-state index in [0.717, 1.165) is 16.3 Å². The molecule has 0 fully saturated rings. The molecule has 0 aliphatic carbocycles. The van der Waals surface area contributed by atoms with Crippen LogP contribution in [0.1, 0.15) is 15.9 Å². The van der Waals surface area contributed by atoms with Crippen molar-refractivity contribution in [3.8, 4) is 0 Å². The summed E-state index contributed by atoms with van der Waals surface area (Å²) in [7, 11) is -3.99. The first-order valence-corrected chi connectivity index (χ1v) is 11.9. The molecule has 0 bridgehead atoms. The predicted octanol–water partition coefficient (Wildman–Crippen LogP) is 3.37. The number of pyridine rings is 1. The quantitative estimate of drug-likeness (QED) is 0.373. The van der Waals surface area contributed by atoms with Crippen LogP contribution in [0.25, 0.3) is 10.8 Å². The molecule has 0 aliphatic rings. The van der Waals surface area contributed by atoms with Gasteiger partial charge in [0, 0.05) is 6.20 Å². The van der Waals surface area contributed by atoms with Crippen molar-refractivity contribution in [2.45, 2.75) is 17.4 Å². The Hall–Kier alpha value is -3.75. The van der Waals surface area contributed by atoms with Crippen molar-refractivity contribution in [2.24, 2.45) is 0 Å². The number of aliphatic hydroxyl groups is 1. The van der Waals surface area contributed by atoms with Crippen molar-refractivity contribution >= 4 is 32.5 Å². The van der Waals surface area contributed by atoms with Crippen molar-refractivity contribution in [1.82, 2.24) is 10.3 Å². The SMILES string of the molecule is O=C(N[C@H](CO)Cc1ccccc1)c1cccnc1NS(=O)(=O)c1ccc2ccccc2c1. The molecule has 0 saturated heterocycles. The first-order valence-electron chi connectivity index (χ1n) is 10.4. The number of benzene rings is 3. The molecule has 1 heterocycles. The number of rotatable bonds is 8. The smallest absolute Gasteiger partial charge is 0.263 e. The Labute approximate surface area is 192 Å². The normalized spacial score (nSPS) is 12.3. The van der Waals surface area contributed by atoms with E-state index in [4.69, 9.17) is 0 Å². The van der Waals surface area contributed by atoms with Gasteiger partial charge in [0.25, 0.3) is 15.9 Å². The minimum absolute atomic E-state index is 0.0633. The summed E-state index contributed by atoms with van der Waals surface area (Å²) in [4.78, 5) is 17.1. The number of aliphatic hydroxyl groups excluding tert-OH is 1. The average molecular weight is 462 g/mol. The summed E-state index contributed by atoms with van der Waals surface area (Å²) in [5, 5.41) is 14.2. The molecule has 0 spiro atoms. The highest BCUT2D eigenvalue weighted by atomic mass is 32.2. The van der Waals surface area contributed by atoms with Gasteiger partial charge < -0.3 is 10.4 Å². The highest BCUT2D eigenvalue weighted by Crippen LogP contribution is 2.22. The molecule has 33 heavy (non-hydrogen) atoms. The molecule has 1 atom stereocenters. The zero-order valence-electron chi connectivity index (χ0n) is 17.7. The Kier molecular flexibility index (Phi) is 6.67. The number of fused-ring (bicyclic) bond motifs is 1. The van der Waals surface area contributed by atoms with E-state index in [1.807, 2.05) is 54.6 Å². The van der Waals surface area contributed by atoms with Crippen LogP contribution < -0.4 is 10.0 Å². The van der Waals surface area contributed by atoms with E-state index >= 15 is 0 Å². The molecule has 3 N–H and O–H groups in total. The number of amides is 1. The van der Waals surface area contributed by atoms with Crippen molar-refractivity contribution in [3.63, 3.8) is 0 Å². The molecule has 1 aromatic heterocycles. The Morgan fingerprint density at radius 2 is 1.64 bits per heavy atom. The van der Waals surface area contributed by atoms with Gasteiger partial charge in [-0.1, -0.05) is 60.7 Å². The van der Waals surface area contributed by atoms with E-state index in [0.29, 0.717) is 6.42 Å². The van der Waals surface area contributed by atoms with Gasteiger partial charge in [0.05, 0.1) is 23.1 Å². The molecule has 0 saturated carbocycles. The number of carbonyl (C=O) groups is 1. The number of carbonyl (C=O) groups excluding carboxylic acids is 1. The highest BCUT2D eigenvalue weighted by Gasteiger charge is 2.22. The van der Waals surface area contributed by atoms with Crippen molar-refractivity contribution in [2.75, 3.05) is 11.3 Å². The van der Waals surface area contributed by atoms with Crippen molar-refractivity contribution in [1.29, 1.82) is 0 Å². The first kappa shape index (κ1) is 22.4. The molecular weight excluding hydrogens is 438 g/mol. The van der Waals surface area contributed by atoms with Gasteiger partial charge in [-0.25, -0.2) is 13.4 Å². The van der Waals surface area contributed by atoms with E-state index < -0.39 is 22.0 Å². The minimum atomic E-state index is -3.99. The number of nitrogens with one attached hydrogen (secondary N) is 2. The number of sulfonamides is 1. The zero-order chi connectivity index (χ0) is 23.3. The molecular formula is C25H23N3O4S. The standard InChI is InChI=1S/C25H23N3O4S/c29-17-21(15-18-7-2-1-3-8-18)27-25(30)23-11-6-14-26-24(23)28-33(31,32)22-13-12-19-9-4-5-10-20(19)16-22/h1-14,16,21,29H,15,17H2,(H,26,28)(H,27,30)/t21-/m0/s1. The van der Waals surface area contributed by atoms with Crippen LogP contribution in [0.4, 0.5) is 5.82 Å². The number of hydrogen-bond acceptors (Lipinski definition) is 5. The summed E-state index contributed by atoms with van der Waals surface area (Å²) >= 11 is 0. The summed E-state index contributed by atoms with van der Waals surface area (Å²) in [5.41, 5.74) is 1.02. The monoisotopic (exact) mass is 461 g/mol. The third-order valence-electron chi connectivity index (χ3n) is 5.20. The molecule has 1 amide bonds. The largest absolute Gasteiger partial charge is 0.394 e. The fraction of sp³-hybridized carbons (Fsp3) is 0.120. The topological polar surface area (TPSA) is 108 Å². The van der Waals surface area contributed by atoms with Crippen LogP contribution in [-0.2, 0) is 16.4 Å². The lowest BCUT2D eigenvalue weighted by Gasteiger charge is -2.18. The van der Waals surface area contributed by atoms with E-state index in [1.165, 1.54) is 18.3 Å². The van der Waals surface area contributed by atoms with Crippen LogP contribution in [0.15, 0.2) is 96.0 Å². The summed E-state index contributed by atoms with van der Waals surface area (Å²) < 4.78 is 28.5. The third kappa shape index (κ3) is 5.36. The van der Waals surface area contributed by atoms with Gasteiger partial charge in [-0.15, -0.1) is 0 Å². The third-order valence-corrected chi connectivity index (χ3v) is 6.53. The Morgan fingerprint density at radius 1 is 0.909 bits per heavy atom. The van der Waals surface area contributed by atoms with Crippen LogP contribution in [0.3, 0.4) is 0 Å². The van der Waals surface area contributed by atoms with Crippen molar-refractivity contribution in [3.05, 3.63) is 102 Å². The molecule has 4 rings (SSSR count). The van der Waals surface area contributed by atoms with E-state index in [1.54, 1.807) is 18.2 Å². The maximum atomic E-state index is 13.0. The number of aromatic nitrogens is 1. The summed E-state index contributed by atoms with van der Waals surface area (Å²) in [5.74, 6) is -0.617. The molecule has 7 nitrogen and oxygen atoms in total. The fourth-order valence-corrected chi connectivity index (χ4v) is 4.58. The van der Waals surface area contributed by atoms with Crippen molar-refractivity contribution < 1.29 is 18.3 Å². The maximum absolute atomic E-state index is 13.0. The molecule has 4 aromatic rings. The summed E-state index contributed by atoms with van der Waals surface area (Å²) in [6, 6.07) is 24.2. The van der Waals surface area contributed by atoms with Gasteiger partial charge in [-0.05, 0) is 47.0 Å². The molecule has 8 heteroatoms. The Balaban J connectivity index is 1.55. The van der Waals surface area contributed by atoms with Crippen LogP contribution in [0.2, 0.25) is 0 Å². The number of hydrogen-bond donors (Lipinski definition) is 3. The summed E-state index contributed by atoms with van der Waals surface area (Å²) in [6.07, 6.45) is 1.84. The molecule has 0 unspecified atom stereocenters. The van der Waals surface area contributed by atoms with Gasteiger partial charge in [0.15, 0.2) is 5.82 Å². The second kappa shape index (κ2) is 9.81. The molecule has 168 valence electrons. The first-order chi connectivity index (χ1) is 16.0. The zero-order valence-corrected chi connectivity index (χ0v) is 18.5. The summed E-state index contributed by atoms with van der Waals surface area (Å²) in [6.45, 7) is -0.265. The lowest BCUT2D eigenvalue weighted by Crippen LogP contribution is -2.39. The average Bonchev–Trinajstić information content (AvgIpc) is 2.84. The van der Waals surface area contributed by atoms with E-state index in [2.05, 4.69) is 15.0 Å². The second-order valence-corrected chi connectivity index (χ2v) is 9.24. The van der Waals surface area contributed by atoms with Crippen LogP contribution in [0, 0.1) is 0 Å². The van der Waals surface area contributed by atoms with Crippen LogP contribution in [-0.4, -0.2) is 37.1 Å². The lowest BCUT2D eigenvalue weighted by molar-refractivity contribution is 0.0917. The second-order valence-electron chi connectivity index (χ2n) is 7.56. The highest BCUT2D eigenvalue weighted by molar-refractivity contribution is 7.92. The predicted molar refractivity (Wildman–Crippen MR) is 127 cm³/mol. The Bertz CT molecular complexity index is 1370. The van der Waals surface area contributed by atoms with Gasteiger partial charge in [-0.3, -0.25) is 9.52 Å².